The molecule has 208 valence electrons. The Kier molecular flexibility index (Phi) is 9.96. The Morgan fingerprint density at radius 3 is 2.10 bits per heavy atom. The molecule has 7 nitrogen and oxygen atoms in total. The highest BCUT2D eigenvalue weighted by Gasteiger charge is 2.34. The van der Waals surface area contributed by atoms with Crippen LogP contribution in [-0.4, -0.2) is 49.5 Å². The van der Waals surface area contributed by atoms with E-state index in [4.69, 9.17) is 0 Å². The number of halogens is 1. The minimum absolute atomic E-state index is 0.147. The van der Waals surface area contributed by atoms with Gasteiger partial charge in [0.2, 0.25) is 21.8 Å². The first-order valence-corrected chi connectivity index (χ1v) is 15.3. The minimum atomic E-state index is -3.83. The number of carbonyl (C=O) groups is 2. The van der Waals surface area contributed by atoms with Crippen LogP contribution in [0.2, 0.25) is 0 Å². The maximum Gasteiger partial charge on any atom is 0.244 e. The van der Waals surface area contributed by atoms with Crippen LogP contribution in [0.25, 0.3) is 0 Å². The van der Waals surface area contributed by atoms with E-state index in [1.165, 1.54) is 4.90 Å². The Balaban J connectivity index is 2.10. The molecule has 1 N–H and O–H groups in total. The van der Waals surface area contributed by atoms with Gasteiger partial charge in [0.15, 0.2) is 0 Å². The number of amides is 2. The number of hydrogen-bond acceptors (Lipinski definition) is 4. The van der Waals surface area contributed by atoms with Gasteiger partial charge >= 0.3 is 0 Å². The van der Waals surface area contributed by atoms with Crippen molar-refractivity contribution in [3.63, 3.8) is 0 Å². The second-order valence-electron chi connectivity index (χ2n) is 10.6. The maximum absolute atomic E-state index is 14.1. The minimum Gasteiger partial charge on any atom is -0.350 e. The lowest BCUT2D eigenvalue weighted by Gasteiger charge is -2.35. The SMILES string of the molecule is Cc1ccccc1CN(C(=O)CN(c1ccccc1Br)S(C)(=O)=O)[C@H](Cc1ccccc1)C(=O)NC(C)(C)C. The predicted molar refractivity (Wildman–Crippen MR) is 160 cm³/mol. The summed E-state index contributed by atoms with van der Waals surface area (Å²) >= 11 is 3.41. The fourth-order valence-corrected chi connectivity index (χ4v) is 5.70. The largest absolute Gasteiger partial charge is 0.350 e. The Hall–Kier alpha value is -3.17. The van der Waals surface area contributed by atoms with Crippen LogP contribution < -0.4 is 9.62 Å². The highest BCUT2D eigenvalue weighted by atomic mass is 79.9. The monoisotopic (exact) mass is 613 g/mol. The number of benzene rings is 3. The lowest BCUT2D eigenvalue weighted by atomic mass is 10.00. The van der Waals surface area contributed by atoms with Gasteiger partial charge in [0.25, 0.3) is 0 Å². The van der Waals surface area contributed by atoms with Crippen molar-refractivity contribution in [3.05, 3.63) is 100 Å². The second kappa shape index (κ2) is 12.8. The van der Waals surface area contributed by atoms with Crippen molar-refractivity contribution in [1.29, 1.82) is 0 Å². The van der Waals surface area contributed by atoms with E-state index in [1.807, 2.05) is 82.3 Å². The van der Waals surface area contributed by atoms with Crippen molar-refractivity contribution in [2.45, 2.75) is 52.2 Å². The van der Waals surface area contributed by atoms with Crippen LogP contribution in [0, 0.1) is 6.92 Å². The van der Waals surface area contributed by atoms with Crippen LogP contribution in [0.5, 0.6) is 0 Å². The molecule has 0 radical (unpaired) electrons. The van der Waals surface area contributed by atoms with Crippen molar-refractivity contribution < 1.29 is 18.0 Å². The smallest absolute Gasteiger partial charge is 0.244 e. The number of sulfonamides is 1. The van der Waals surface area contributed by atoms with E-state index in [-0.39, 0.29) is 18.9 Å². The van der Waals surface area contributed by atoms with Gasteiger partial charge in [0, 0.05) is 23.0 Å². The van der Waals surface area contributed by atoms with Gasteiger partial charge < -0.3 is 10.2 Å². The molecule has 0 spiro atoms. The lowest BCUT2D eigenvalue weighted by Crippen LogP contribution is -2.56. The molecule has 2 amide bonds. The molecule has 3 aromatic carbocycles. The van der Waals surface area contributed by atoms with Crippen LogP contribution in [-0.2, 0) is 32.6 Å². The first kappa shape index (κ1) is 30.4. The average Bonchev–Trinajstić information content (AvgIpc) is 2.85. The van der Waals surface area contributed by atoms with Gasteiger partial charge in [-0.15, -0.1) is 0 Å². The van der Waals surface area contributed by atoms with Crippen molar-refractivity contribution >= 4 is 43.5 Å². The molecular weight excluding hydrogens is 578 g/mol. The Morgan fingerprint density at radius 2 is 1.51 bits per heavy atom. The standard InChI is InChI=1S/C30H36BrN3O4S/c1-22-13-9-10-16-24(22)20-33(27(29(36)32-30(2,3)4)19-23-14-7-6-8-15-23)28(35)21-34(39(5,37)38)26-18-12-11-17-25(26)31/h6-18,27H,19-21H2,1-5H3,(H,32,36)/t27-/m1/s1. The van der Waals surface area contributed by atoms with E-state index in [0.717, 1.165) is 27.3 Å². The van der Waals surface area contributed by atoms with Gasteiger partial charge in [-0.3, -0.25) is 13.9 Å². The summed E-state index contributed by atoms with van der Waals surface area (Å²) in [7, 11) is -3.83. The van der Waals surface area contributed by atoms with E-state index in [9.17, 15) is 18.0 Å². The first-order valence-electron chi connectivity index (χ1n) is 12.7. The number of hydrogen-bond donors (Lipinski definition) is 1. The van der Waals surface area contributed by atoms with Crippen molar-refractivity contribution in [2.24, 2.45) is 0 Å². The normalized spacial score (nSPS) is 12.5. The van der Waals surface area contributed by atoms with Gasteiger partial charge in [-0.05, 0) is 72.4 Å². The summed E-state index contributed by atoms with van der Waals surface area (Å²) in [6.45, 7) is 7.29. The van der Waals surface area contributed by atoms with E-state index in [2.05, 4.69) is 21.2 Å². The average molecular weight is 615 g/mol. The fraction of sp³-hybridized carbons (Fsp3) is 0.333. The molecule has 0 bridgehead atoms. The first-order chi connectivity index (χ1) is 18.3. The van der Waals surface area contributed by atoms with Gasteiger partial charge in [0.1, 0.15) is 12.6 Å². The summed E-state index contributed by atoms with van der Waals surface area (Å²) in [5.41, 5.74) is 2.55. The zero-order valence-electron chi connectivity index (χ0n) is 23.0. The number of carbonyl (C=O) groups excluding carboxylic acids is 2. The zero-order valence-corrected chi connectivity index (χ0v) is 25.4. The summed E-state index contributed by atoms with van der Waals surface area (Å²) in [6, 6.07) is 23.1. The van der Waals surface area contributed by atoms with Crippen molar-refractivity contribution in [1.82, 2.24) is 10.2 Å². The summed E-state index contributed by atoms with van der Waals surface area (Å²) < 4.78 is 27.4. The molecule has 1 atom stereocenters. The third-order valence-electron chi connectivity index (χ3n) is 6.17. The highest BCUT2D eigenvalue weighted by molar-refractivity contribution is 9.10. The van der Waals surface area contributed by atoms with E-state index in [1.54, 1.807) is 24.3 Å². The van der Waals surface area contributed by atoms with Crippen LogP contribution in [0.4, 0.5) is 5.69 Å². The fourth-order valence-electron chi connectivity index (χ4n) is 4.23. The topological polar surface area (TPSA) is 86.8 Å². The number of anilines is 1. The Morgan fingerprint density at radius 1 is 0.923 bits per heavy atom. The van der Waals surface area contributed by atoms with Gasteiger partial charge in [-0.2, -0.15) is 0 Å². The van der Waals surface area contributed by atoms with Gasteiger partial charge in [0.05, 0.1) is 11.9 Å². The van der Waals surface area contributed by atoms with E-state index < -0.39 is 34.1 Å². The molecule has 3 aromatic rings. The molecule has 0 fully saturated rings. The molecule has 0 unspecified atom stereocenters. The quantitative estimate of drug-likeness (QED) is 0.345. The zero-order chi connectivity index (χ0) is 28.8. The molecule has 0 aliphatic rings. The molecule has 0 saturated carbocycles. The summed E-state index contributed by atoms with van der Waals surface area (Å²) in [5, 5.41) is 3.03. The van der Waals surface area contributed by atoms with Crippen LogP contribution in [0.3, 0.4) is 0 Å². The second-order valence-corrected chi connectivity index (χ2v) is 13.4. The molecule has 9 heteroatoms. The molecule has 3 rings (SSSR count). The van der Waals surface area contributed by atoms with Gasteiger partial charge in [-0.25, -0.2) is 8.42 Å². The Labute approximate surface area is 240 Å². The van der Waals surface area contributed by atoms with Crippen LogP contribution in [0.15, 0.2) is 83.3 Å². The van der Waals surface area contributed by atoms with Crippen LogP contribution in [0.1, 0.15) is 37.5 Å². The molecule has 0 saturated heterocycles. The van der Waals surface area contributed by atoms with Gasteiger partial charge in [-0.1, -0.05) is 66.7 Å². The number of aryl methyl sites for hydroxylation is 1. The van der Waals surface area contributed by atoms with Crippen molar-refractivity contribution in [3.8, 4) is 0 Å². The number of rotatable bonds is 10. The third kappa shape index (κ3) is 8.66. The van der Waals surface area contributed by atoms with Crippen LogP contribution >= 0.6 is 15.9 Å². The molecular formula is C30H36BrN3O4S. The molecule has 0 aliphatic heterocycles. The maximum atomic E-state index is 14.1. The predicted octanol–water partition coefficient (Wildman–Crippen LogP) is 5.08. The van der Waals surface area contributed by atoms with E-state index in [0.29, 0.717) is 10.2 Å². The molecule has 0 heterocycles. The third-order valence-corrected chi connectivity index (χ3v) is 7.97. The number of nitrogens with one attached hydrogen (secondary N) is 1. The Bertz CT molecular complexity index is 1400. The van der Waals surface area contributed by atoms with E-state index >= 15 is 0 Å². The van der Waals surface area contributed by atoms with Crippen molar-refractivity contribution in [2.75, 3.05) is 17.1 Å². The molecule has 0 aliphatic carbocycles. The molecule has 0 aromatic heterocycles. The highest BCUT2D eigenvalue weighted by Crippen LogP contribution is 2.28. The summed E-state index contributed by atoms with van der Waals surface area (Å²) in [4.78, 5) is 29.4. The lowest BCUT2D eigenvalue weighted by molar-refractivity contribution is -0.140. The summed E-state index contributed by atoms with van der Waals surface area (Å²) in [5.74, 6) is -0.787. The number of nitrogens with zero attached hydrogens (tertiary/aromatic N) is 2. The molecule has 39 heavy (non-hydrogen) atoms. The summed E-state index contributed by atoms with van der Waals surface area (Å²) in [6.07, 6.45) is 1.34. The number of para-hydroxylation sites is 1.